The van der Waals surface area contributed by atoms with Crippen LogP contribution < -0.4 is 0 Å². The van der Waals surface area contributed by atoms with E-state index in [0.717, 1.165) is 18.0 Å². The Bertz CT molecular complexity index is 1110. The van der Waals surface area contributed by atoms with Gasteiger partial charge in [-0.2, -0.15) is 18.4 Å². The van der Waals surface area contributed by atoms with Crippen molar-refractivity contribution in [3.8, 4) is 6.07 Å². The smallest absolute Gasteiger partial charge is 0.343 e. The molecule has 5 nitrogen and oxygen atoms in total. The molecule has 1 fully saturated rings. The Kier molecular flexibility index (Phi) is 4.74. The zero-order valence-electron chi connectivity index (χ0n) is 15.3. The van der Waals surface area contributed by atoms with Crippen LogP contribution in [0.15, 0.2) is 42.6 Å². The number of nitrogens with zero attached hydrogens (tertiary/aromatic N) is 3. The molecular weight excluding hydrogens is 381 g/mol. The lowest BCUT2D eigenvalue weighted by molar-refractivity contribution is -0.137. The number of piperidine rings is 1. The lowest BCUT2D eigenvalue weighted by atomic mass is 9.93. The van der Waals surface area contributed by atoms with E-state index in [-0.39, 0.29) is 11.8 Å². The van der Waals surface area contributed by atoms with Crippen LogP contribution in [0, 0.1) is 11.3 Å². The first kappa shape index (κ1) is 19.0. The van der Waals surface area contributed by atoms with Crippen molar-refractivity contribution in [3.63, 3.8) is 0 Å². The lowest BCUT2D eigenvalue weighted by Crippen LogP contribution is -2.38. The number of likely N-dealkylation sites (tertiary alicyclic amines) is 1. The quantitative estimate of drug-likeness (QED) is 0.692. The van der Waals surface area contributed by atoms with Gasteiger partial charge in [0, 0.05) is 36.3 Å². The summed E-state index contributed by atoms with van der Waals surface area (Å²) in [5.41, 5.74) is 1.22. The molecule has 3 heterocycles. The number of alkyl halides is 3. The van der Waals surface area contributed by atoms with E-state index in [2.05, 4.69) is 9.97 Å². The minimum Gasteiger partial charge on any atom is -0.343 e. The molecule has 0 radical (unpaired) electrons. The van der Waals surface area contributed by atoms with Gasteiger partial charge in [0.2, 0.25) is 0 Å². The predicted octanol–water partition coefficient (Wildman–Crippen LogP) is 4.47. The minimum absolute atomic E-state index is 0.105. The molecule has 0 bridgehead atoms. The number of amides is 1. The molecule has 2 aromatic heterocycles. The maximum absolute atomic E-state index is 12.9. The number of hydrogen-bond donors (Lipinski definition) is 1. The molecule has 0 aliphatic carbocycles. The second kappa shape index (κ2) is 7.24. The number of aromatic nitrogens is 2. The minimum atomic E-state index is -4.43. The molecule has 4 rings (SSSR count). The fourth-order valence-electron chi connectivity index (χ4n) is 3.74. The van der Waals surface area contributed by atoms with Crippen LogP contribution in [0.25, 0.3) is 11.0 Å². The first-order valence-electron chi connectivity index (χ1n) is 9.21. The fraction of sp³-hybridized carbons (Fsp3) is 0.286. The zero-order valence-corrected chi connectivity index (χ0v) is 15.3. The summed E-state index contributed by atoms with van der Waals surface area (Å²) in [5.74, 6) is -0.0671. The van der Waals surface area contributed by atoms with Crippen LogP contribution in [0.2, 0.25) is 0 Å². The van der Waals surface area contributed by atoms with Crippen molar-refractivity contribution < 1.29 is 18.0 Å². The van der Waals surface area contributed by atoms with Crippen molar-refractivity contribution in [3.05, 3.63) is 65.0 Å². The van der Waals surface area contributed by atoms with E-state index in [1.807, 2.05) is 6.07 Å². The molecule has 1 aliphatic rings. The number of hydrogen-bond acceptors (Lipinski definition) is 3. The van der Waals surface area contributed by atoms with Gasteiger partial charge >= 0.3 is 6.18 Å². The van der Waals surface area contributed by atoms with Gasteiger partial charge in [-0.15, -0.1) is 0 Å². The van der Waals surface area contributed by atoms with E-state index < -0.39 is 11.7 Å². The van der Waals surface area contributed by atoms with E-state index in [9.17, 15) is 23.2 Å². The number of fused-ring (bicyclic) bond motifs is 1. The Labute approximate surface area is 164 Å². The van der Waals surface area contributed by atoms with Crippen molar-refractivity contribution in [1.82, 2.24) is 14.9 Å². The molecule has 0 unspecified atom stereocenters. The van der Waals surface area contributed by atoms with Crippen LogP contribution in [0.5, 0.6) is 0 Å². The van der Waals surface area contributed by atoms with E-state index in [4.69, 9.17) is 0 Å². The largest absolute Gasteiger partial charge is 0.417 e. The van der Waals surface area contributed by atoms with Crippen LogP contribution in [0.3, 0.4) is 0 Å². The van der Waals surface area contributed by atoms with Gasteiger partial charge in [-0.3, -0.25) is 4.79 Å². The number of carbonyl (C=O) groups is 1. The number of rotatable bonds is 2. The Balaban J connectivity index is 1.48. The first-order valence-corrected chi connectivity index (χ1v) is 9.21. The molecule has 29 heavy (non-hydrogen) atoms. The van der Waals surface area contributed by atoms with Gasteiger partial charge in [0.15, 0.2) is 0 Å². The number of H-pyrrole nitrogens is 1. The van der Waals surface area contributed by atoms with Crippen LogP contribution >= 0.6 is 0 Å². The Hall–Kier alpha value is -3.34. The summed E-state index contributed by atoms with van der Waals surface area (Å²) in [7, 11) is 0. The van der Waals surface area contributed by atoms with Gasteiger partial charge in [0.1, 0.15) is 5.65 Å². The number of nitrogens with one attached hydrogen (secondary N) is 1. The molecule has 1 saturated heterocycles. The van der Waals surface area contributed by atoms with Gasteiger partial charge in [-0.25, -0.2) is 4.98 Å². The van der Waals surface area contributed by atoms with Gasteiger partial charge in [0.25, 0.3) is 5.91 Å². The van der Waals surface area contributed by atoms with Crippen molar-refractivity contribution in [2.75, 3.05) is 13.1 Å². The monoisotopic (exact) mass is 398 g/mol. The molecule has 1 amide bonds. The molecule has 0 atom stereocenters. The SMILES string of the molecule is N#Cc1ccccc1C(=O)N1CCC(c2cc3cc(C(F)(F)F)cnc3[nH]2)CC1. The average molecular weight is 398 g/mol. The normalized spacial score (nSPS) is 15.4. The first-order chi connectivity index (χ1) is 13.9. The number of aromatic amines is 1. The summed E-state index contributed by atoms with van der Waals surface area (Å²) in [6.07, 6.45) is -2.24. The molecule has 1 N–H and O–H groups in total. The third-order valence-electron chi connectivity index (χ3n) is 5.32. The van der Waals surface area contributed by atoms with E-state index in [1.54, 1.807) is 35.2 Å². The maximum Gasteiger partial charge on any atom is 0.417 e. The Morgan fingerprint density at radius 1 is 1.21 bits per heavy atom. The van der Waals surface area contributed by atoms with Crippen LogP contribution in [0.4, 0.5) is 13.2 Å². The number of benzene rings is 1. The second-order valence-corrected chi connectivity index (χ2v) is 7.11. The van der Waals surface area contributed by atoms with E-state index >= 15 is 0 Å². The second-order valence-electron chi connectivity index (χ2n) is 7.11. The van der Waals surface area contributed by atoms with E-state index in [0.29, 0.717) is 48.1 Å². The number of pyridine rings is 1. The molecule has 0 saturated carbocycles. The topological polar surface area (TPSA) is 72.8 Å². The fourth-order valence-corrected chi connectivity index (χ4v) is 3.74. The summed E-state index contributed by atoms with van der Waals surface area (Å²) in [5, 5.41) is 9.62. The number of carbonyl (C=O) groups excluding carboxylic acids is 1. The third-order valence-corrected chi connectivity index (χ3v) is 5.32. The third kappa shape index (κ3) is 3.68. The molecule has 8 heteroatoms. The van der Waals surface area contributed by atoms with Gasteiger partial charge in [0.05, 0.1) is 22.8 Å². The van der Waals surface area contributed by atoms with Gasteiger partial charge < -0.3 is 9.88 Å². The standard InChI is InChI=1S/C21H17F3N4O/c22-21(23,24)16-9-15-10-18(27-19(15)26-12-16)13-5-7-28(8-6-13)20(29)17-4-2-1-3-14(17)11-25/h1-4,9-10,12-13H,5-8H2,(H,26,27). The maximum atomic E-state index is 12.9. The van der Waals surface area contributed by atoms with Crippen LogP contribution in [0.1, 0.15) is 45.9 Å². The van der Waals surface area contributed by atoms with Crippen molar-refractivity contribution >= 4 is 16.9 Å². The van der Waals surface area contributed by atoms with E-state index in [1.165, 1.54) is 0 Å². The summed E-state index contributed by atoms with van der Waals surface area (Å²) >= 11 is 0. The number of nitriles is 1. The predicted molar refractivity (Wildman–Crippen MR) is 100 cm³/mol. The number of halogens is 3. The highest BCUT2D eigenvalue weighted by Crippen LogP contribution is 2.33. The molecule has 1 aromatic carbocycles. The highest BCUT2D eigenvalue weighted by molar-refractivity contribution is 5.96. The molecule has 0 spiro atoms. The molecule has 3 aromatic rings. The Morgan fingerprint density at radius 2 is 1.93 bits per heavy atom. The van der Waals surface area contributed by atoms with Gasteiger partial charge in [-0.1, -0.05) is 12.1 Å². The van der Waals surface area contributed by atoms with Crippen LogP contribution in [-0.2, 0) is 6.18 Å². The van der Waals surface area contributed by atoms with Crippen molar-refractivity contribution in [1.29, 1.82) is 5.26 Å². The molecule has 1 aliphatic heterocycles. The average Bonchev–Trinajstić information content (AvgIpc) is 3.16. The summed E-state index contributed by atoms with van der Waals surface area (Å²) in [6, 6.07) is 11.6. The van der Waals surface area contributed by atoms with Gasteiger partial charge in [-0.05, 0) is 37.1 Å². The molecular formula is C21H17F3N4O. The lowest BCUT2D eigenvalue weighted by Gasteiger charge is -2.31. The summed E-state index contributed by atoms with van der Waals surface area (Å²) in [6.45, 7) is 1.03. The summed E-state index contributed by atoms with van der Waals surface area (Å²) < 4.78 is 38.6. The van der Waals surface area contributed by atoms with Crippen LogP contribution in [-0.4, -0.2) is 33.9 Å². The highest BCUT2D eigenvalue weighted by atomic mass is 19.4. The molecule has 148 valence electrons. The van der Waals surface area contributed by atoms with Crippen molar-refractivity contribution in [2.45, 2.75) is 24.9 Å². The Morgan fingerprint density at radius 3 is 2.62 bits per heavy atom. The zero-order chi connectivity index (χ0) is 20.6. The highest BCUT2D eigenvalue weighted by Gasteiger charge is 2.32. The summed E-state index contributed by atoms with van der Waals surface area (Å²) in [4.78, 5) is 21.5. The van der Waals surface area contributed by atoms with Crippen molar-refractivity contribution in [2.24, 2.45) is 0 Å².